The van der Waals surface area contributed by atoms with Gasteiger partial charge in [0.25, 0.3) is 0 Å². The summed E-state index contributed by atoms with van der Waals surface area (Å²) in [5.41, 5.74) is 5.45. The van der Waals surface area contributed by atoms with Gasteiger partial charge in [-0.2, -0.15) is 4.37 Å². The van der Waals surface area contributed by atoms with E-state index in [4.69, 9.17) is 11.1 Å². The van der Waals surface area contributed by atoms with Crippen molar-refractivity contribution in [2.24, 2.45) is 5.73 Å². The summed E-state index contributed by atoms with van der Waals surface area (Å²) in [6.07, 6.45) is 1.70. The van der Waals surface area contributed by atoms with Crippen LogP contribution < -0.4 is 5.73 Å². The molecule has 0 spiro atoms. The average Bonchev–Trinajstić information content (AvgIpc) is 2.61. The van der Waals surface area contributed by atoms with E-state index in [1.54, 1.807) is 0 Å². The summed E-state index contributed by atoms with van der Waals surface area (Å²) in [6, 6.07) is 0. The minimum Gasteiger partial charge on any atom is -0.387 e. The van der Waals surface area contributed by atoms with E-state index in [2.05, 4.69) is 9.36 Å². The molecule has 1 aromatic rings. The Kier molecular flexibility index (Phi) is 4.34. The monoisotopic (exact) mass is 230 g/mol. The lowest BCUT2D eigenvalue weighted by atomic mass is 10.3. The van der Waals surface area contributed by atoms with Crippen LogP contribution in [-0.2, 0) is 6.42 Å². The maximum absolute atomic E-state index is 7.37. The lowest BCUT2D eigenvalue weighted by Crippen LogP contribution is -2.23. The minimum atomic E-state index is 0.0349. The van der Waals surface area contributed by atoms with Gasteiger partial charge in [-0.25, -0.2) is 4.98 Å². The van der Waals surface area contributed by atoms with E-state index in [1.165, 1.54) is 23.3 Å². The van der Waals surface area contributed by atoms with Gasteiger partial charge < -0.3 is 5.73 Å². The van der Waals surface area contributed by atoms with Crippen LogP contribution in [0.2, 0.25) is 0 Å². The highest BCUT2D eigenvalue weighted by molar-refractivity contribution is 8.02. The van der Waals surface area contributed by atoms with Crippen molar-refractivity contribution in [1.82, 2.24) is 9.36 Å². The Labute approximate surface area is 92.0 Å². The zero-order chi connectivity index (χ0) is 10.6. The Hall–Kier alpha value is -0.620. The molecule has 78 valence electrons. The molecule has 0 saturated carbocycles. The summed E-state index contributed by atoms with van der Waals surface area (Å²) in [5.74, 6) is 1.08. The molecule has 0 amide bonds. The summed E-state index contributed by atoms with van der Waals surface area (Å²) >= 11 is 2.91. The standard InChI is InChI=1S/C8H14N4S2/c1-3-5(7(9)10)13-8-11-6(4-2)12-14-8/h5H,3-4H2,1-2H3,(H3,9,10). The third-order valence-corrected chi connectivity index (χ3v) is 3.95. The molecule has 4 nitrogen and oxygen atoms in total. The molecule has 0 saturated heterocycles. The number of nitrogens with one attached hydrogen (secondary N) is 1. The minimum absolute atomic E-state index is 0.0349. The van der Waals surface area contributed by atoms with E-state index >= 15 is 0 Å². The van der Waals surface area contributed by atoms with Gasteiger partial charge in [0.05, 0.1) is 5.25 Å². The van der Waals surface area contributed by atoms with Crippen molar-refractivity contribution in [3.63, 3.8) is 0 Å². The second-order valence-corrected chi connectivity index (χ2v) is 5.00. The Morgan fingerprint density at radius 3 is 2.79 bits per heavy atom. The van der Waals surface area contributed by atoms with Crippen molar-refractivity contribution < 1.29 is 0 Å². The van der Waals surface area contributed by atoms with Crippen LogP contribution in [0.3, 0.4) is 0 Å². The molecule has 1 unspecified atom stereocenters. The molecule has 0 aliphatic rings. The van der Waals surface area contributed by atoms with Crippen molar-refractivity contribution in [2.75, 3.05) is 0 Å². The van der Waals surface area contributed by atoms with Crippen LogP contribution in [0.15, 0.2) is 4.34 Å². The summed E-state index contributed by atoms with van der Waals surface area (Å²) in [4.78, 5) is 4.32. The van der Waals surface area contributed by atoms with Crippen molar-refractivity contribution in [2.45, 2.75) is 36.3 Å². The predicted molar refractivity (Wildman–Crippen MR) is 61.1 cm³/mol. The van der Waals surface area contributed by atoms with Gasteiger partial charge >= 0.3 is 0 Å². The summed E-state index contributed by atoms with van der Waals surface area (Å²) < 4.78 is 5.09. The van der Waals surface area contributed by atoms with Crippen LogP contribution in [0, 0.1) is 5.41 Å². The molecule has 1 heterocycles. The van der Waals surface area contributed by atoms with Crippen LogP contribution in [0.4, 0.5) is 0 Å². The molecule has 3 N–H and O–H groups in total. The fourth-order valence-corrected chi connectivity index (χ4v) is 2.74. The molecule has 14 heavy (non-hydrogen) atoms. The number of hydrogen-bond acceptors (Lipinski definition) is 5. The molecule has 0 bridgehead atoms. The van der Waals surface area contributed by atoms with Gasteiger partial charge in [-0.15, -0.1) is 0 Å². The number of nitrogens with zero attached hydrogens (tertiary/aromatic N) is 2. The molecule has 0 fully saturated rings. The summed E-state index contributed by atoms with van der Waals surface area (Å²) in [6.45, 7) is 4.04. The molecule has 1 aromatic heterocycles. The summed E-state index contributed by atoms with van der Waals surface area (Å²) in [7, 11) is 0. The van der Waals surface area contributed by atoms with Gasteiger partial charge in [-0.3, -0.25) is 5.41 Å². The highest BCUT2D eigenvalue weighted by Gasteiger charge is 2.14. The van der Waals surface area contributed by atoms with E-state index in [1.807, 2.05) is 13.8 Å². The molecule has 0 aliphatic carbocycles. The fraction of sp³-hybridized carbons (Fsp3) is 0.625. The lowest BCUT2D eigenvalue weighted by molar-refractivity contribution is 0.960. The second-order valence-electron chi connectivity index (χ2n) is 2.80. The molecule has 0 aliphatic heterocycles. The first-order valence-corrected chi connectivity index (χ1v) is 6.15. The topological polar surface area (TPSA) is 75.7 Å². The Morgan fingerprint density at radius 2 is 2.36 bits per heavy atom. The van der Waals surface area contributed by atoms with Gasteiger partial charge in [-0.05, 0) is 18.0 Å². The zero-order valence-electron chi connectivity index (χ0n) is 8.28. The number of nitrogens with two attached hydrogens (primary N) is 1. The average molecular weight is 230 g/mol. The molecule has 1 rings (SSSR count). The van der Waals surface area contributed by atoms with Crippen LogP contribution >= 0.6 is 23.3 Å². The Balaban J connectivity index is 2.62. The maximum atomic E-state index is 7.37. The van der Waals surface area contributed by atoms with E-state index in [9.17, 15) is 0 Å². The summed E-state index contributed by atoms with van der Waals surface area (Å²) in [5, 5.41) is 7.40. The van der Waals surface area contributed by atoms with E-state index in [-0.39, 0.29) is 11.1 Å². The largest absolute Gasteiger partial charge is 0.387 e. The van der Waals surface area contributed by atoms with Gasteiger partial charge in [0.15, 0.2) is 4.34 Å². The third-order valence-electron chi connectivity index (χ3n) is 1.73. The quantitative estimate of drug-likeness (QED) is 0.460. The van der Waals surface area contributed by atoms with Crippen LogP contribution in [0.1, 0.15) is 26.1 Å². The van der Waals surface area contributed by atoms with E-state index in [0.29, 0.717) is 0 Å². The maximum Gasteiger partial charge on any atom is 0.170 e. The Morgan fingerprint density at radius 1 is 1.64 bits per heavy atom. The van der Waals surface area contributed by atoms with E-state index < -0.39 is 0 Å². The highest BCUT2D eigenvalue weighted by Crippen LogP contribution is 2.26. The van der Waals surface area contributed by atoms with Crippen LogP contribution in [-0.4, -0.2) is 20.4 Å². The van der Waals surface area contributed by atoms with Gasteiger partial charge in [0.2, 0.25) is 0 Å². The van der Waals surface area contributed by atoms with Gasteiger partial charge in [0, 0.05) is 6.42 Å². The molecule has 6 heteroatoms. The molecular weight excluding hydrogens is 216 g/mol. The first kappa shape index (κ1) is 11.5. The van der Waals surface area contributed by atoms with Crippen LogP contribution in [0.5, 0.6) is 0 Å². The highest BCUT2D eigenvalue weighted by atomic mass is 32.2. The molecule has 0 aromatic carbocycles. The smallest absolute Gasteiger partial charge is 0.170 e. The third kappa shape index (κ3) is 2.95. The fourth-order valence-electron chi connectivity index (χ4n) is 0.918. The number of amidine groups is 1. The van der Waals surface area contributed by atoms with Crippen LogP contribution in [0.25, 0.3) is 0 Å². The number of thioether (sulfide) groups is 1. The number of rotatable bonds is 5. The molecular formula is C8H14N4S2. The number of aromatic nitrogens is 2. The normalized spacial score (nSPS) is 12.7. The number of aryl methyl sites for hydroxylation is 1. The van der Waals surface area contributed by atoms with Gasteiger partial charge in [-0.1, -0.05) is 25.6 Å². The van der Waals surface area contributed by atoms with Crippen molar-refractivity contribution in [1.29, 1.82) is 5.41 Å². The van der Waals surface area contributed by atoms with Gasteiger partial charge in [0.1, 0.15) is 11.7 Å². The van der Waals surface area contributed by atoms with Crippen molar-refractivity contribution in [3.05, 3.63) is 5.82 Å². The Bertz CT molecular complexity index is 310. The SMILES string of the molecule is CCc1nsc(SC(CC)C(=N)N)n1. The molecule has 0 radical (unpaired) electrons. The second kappa shape index (κ2) is 5.31. The zero-order valence-corrected chi connectivity index (χ0v) is 9.91. The lowest BCUT2D eigenvalue weighted by Gasteiger charge is -2.08. The molecule has 1 atom stereocenters. The van der Waals surface area contributed by atoms with E-state index in [0.717, 1.165) is 23.0 Å². The predicted octanol–water partition coefficient (Wildman–Crippen LogP) is 1.91. The number of hydrogen-bond donors (Lipinski definition) is 2. The van der Waals surface area contributed by atoms with Crippen molar-refractivity contribution in [3.8, 4) is 0 Å². The first-order chi connectivity index (χ1) is 6.67. The first-order valence-electron chi connectivity index (χ1n) is 4.50. The van der Waals surface area contributed by atoms with Crippen molar-refractivity contribution >= 4 is 29.1 Å².